The minimum Gasteiger partial charge on any atom is -0.461 e. The van der Waals surface area contributed by atoms with Crippen molar-refractivity contribution in [3.05, 3.63) is 59.3 Å². The monoisotopic (exact) mass is 490 g/mol. The molecule has 1 aliphatic heterocycles. The minimum atomic E-state index is -0.301. The van der Waals surface area contributed by atoms with Crippen molar-refractivity contribution in [3.8, 4) is 6.07 Å². The van der Waals surface area contributed by atoms with E-state index in [9.17, 15) is 4.39 Å². The first-order chi connectivity index (χ1) is 17.5. The number of piperazine rings is 1. The van der Waals surface area contributed by atoms with Crippen LogP contribution in [-0.4, -0.2) is 66.2 Å². The van der Waals surface area contributed by atoms with E-state index >= 15 is 0 Å². The van der Waals surface area contributed by atoms with Gasteiger partial charge < -0.3 is 31.5 Å². The maximum Gasteiger partial charge on any atom is 0.224 e. The van der Waals surface area contributed by atoms with Crippen LogP contribution in [0.5, 0.6) is 0 Å². The summed E-state index contributed by atoms with van der Waals surface area (Å²) in [6, 6.07) is 10.4. The standard InChI is InChI=1S/C24H27FN10O/c25-18-14-16(5-6-26)3-4-19(18)35-11-9-34(10-12-35)8-7-30-22-17(15-27)23(33-24(29)32-22)31-21(28)20-2-1-13-36-20/h1-4,13-15,27H,5,7-12H2,(H5,28,29,30,31,32,33). The molecule has 3 heterocycles. The molecule has 0 saturated carbocycles. The van der Waals surface area contributed by atoms with Gasteiger partial charge in [-0.15, -0.1) is 0 Å². The number of aromatic nitrogens is 2. The molecule has 4 rings (SSSR count). The van der Waals surface area contributed by atoms with Crippen molar-refractivity contribution in [2.75, 3.05) is 55.2 Å². The van der Waals surface area contributed by atoms with Crippen molar-refractivity contribution in [2.24, 2.45) is 10.7 Å². The van der Waals surface area contributed by atoms with Gasteiger partial charge in [0.05, 0.1) is 30.0 Å². The van der Waals surface area contributed by atoms with Gasteiger partial charge in [-0.2, -0.15) is 15.2 Å². The second kappa shape index (κ2) is 11.3. The summed E-state index contributed by atoms with van der Waals surface area (Å²) in [5.41, 5.74) is 13.5. The first-order valence-electron chi connectivity index (χ1n) is 11.4. The normalized spacial score (nSPS) is 14.4. The molecule has 186 valence electrons. The van der Waals surface area contributed by atoms with E-state index in [4.69, 9.17) is 26.6 Å². The van der Waals surface area contributed by atoms with Crippen molar-refractivity contribution in [2.45, 2.75) is 6.42 Å². The van der Waals surface area contributed by atoms with Gasteiger partial charge in [0.25, 0.3) is 0 Å². The van der Waals surface area contributed by atoms with Gasteiger partial charge in [-0.1, -0.05) is 6.07 Å². The Balaban J connectivity index is 1.35. The average Bonchev–Trinajstić information content (AvgIpc) is 3.40. The Labute approximate surface area is 207 Å². The van der Waals surface area contributed by atoms with Crippen molar-refractivity contribution in [1.82, 2.24) is 14.9 Å². The second-order valence-electron chi connectivity index (χ2n) is 8.16. The molecule has 12 heteroatoms. The second-order valence-corrected chi connectivity index (χ2v) is 8.16. The Bertz CT molecular complexity index is 1280. The molecule has 2 aromatic heterocycles. The van der Waals surface area contributed by atoms with Crippen LogP contribution in [0.1, 0.15) is 16.9 Å². The Kier molecular flexibility index (Phi) is 7.72. The molecule has 1 aromatic carbocycles. The van der Waals surface area contributed by atoms with Crippen LogP contribution in [0.25, 0.3) is 0 Å². The number of hydrogen-bond acceptors (Lipinski definition) is 10. The summed E-state index contributed by atoms with van der Waals surface area (Å²) in [6.07, 6.45) is 2.78. The van der Waals surface area contributed by atoms with Gasteiger partial charge >= 0.3 is 0 Å². The fourth-order valence-electron chi connectivity index (χ4n) is 3.97. The molecule has 36 heavy (non-hydrogen) atoms. The number of amidine groups is 1. The zero-order valence-electron chi connectivity index (χ0n) is 19.6. The minimum absolute atomic E-state index is 0.00512. The van der Waals surface area contributed by atoms with Crippen molar-refractivity contribution < 1.29 is 8.81 Å². The van der Waals surface area contributed by atoms with Crippen LogP contribution in [-0.2, 0) is 6.42 Å². The fraction of sp³-hybridized carbons (Fsp3) is 0.292. The number of nitrogens with zero attached hydrogens (tertiary/aromatic N) is 6. The van der Waals surface area contributed by atoms with Crippen molar-refractivity contribution in [1.29, 1.82) is 10.7 Å². The lowest BCUT2D eigenvalue weighted by Crippen LogP contribution is -2.48. The lowest BCUT2D eigenvalue weighted by molar-refractivity contribution is 0.266. The topological polar surface area (TPSA) is 169 Å². The Morgan fingerprint density at radius 1 is 1.28 bits per heavy atom. The average molecular weight is 491 g/mol. The molecular weight excluding hydrogens is 463 g/mol. The first-order valence-corrected chi connectivity index (χ1v) is 11.4. The quantitative estimate of drug-likeness (QED) is 0.259. The van der Waals surface area contributed by atoms with Crippen molar-refractivity contribution >= 4 is 35.3 Å². The molecule has 11 nitrogen and oxygen atoms in total. The number of nitrogens with one attached hydrogen (secondary N) is 2. The molecule has 3 aromatic rings. The summed E-state index contributed by atoms with van der Waals surface area (Å²) in [5, 5.41) is 19.8. The van der Waals surface area contributed by atoms with Crippen LogP contribution in [0.3, 0.4) is 0 Å². The lowest BCUT2D eigenvalue weighted by atomic mass is 10.1. The third kappa shape index (κ3) is 5.76. The van der Waals surface area contributed by atoms with Gasteiger partial charge in [-0.05, 0) is 29.8 Å². The summed E-state index contributed by atoms with van der Waals surface area (Å²) >= 11 is 0. The lowest BCUT2D eigenvalue weighted by Gasteiger charge is -2.36. The zero-order chi connectivity index (χ0) is 25.5. The molecule has 1 fully saturated rings. The number of halogens is 1. The number of aliphatic imine (C=N–C) groups is 1. The van der Waals surface area contributed by atoms with E-state index in [0.29, 0.717) is 54.6 Å². The first kappa shape index (κ1) is 24.6. The zero-order valence-corrected chi connectivity index (χ0v) is 19.6. The highest BCUT2D eigenvalue weighted by Gasteiger charge is 2.20. The number of benzene rings is 1. The highest BCUT2D eigenvalue weighted by molar-refractivity contribution is 5.99. The maximum absolute atomic E-state index is 14.5. The molecule has 1 aliphatic rings. The molecule has 6 N–H and O–H groups in total. The fourth-order valence-corrected chi connectivity index (χ4v) is 3.97. The predicted octanol–water partition coefficient (Wildman–Crippen LogP) is 2.13. The number of nitrogen functional groups attached to an aromatic ring is 1. The highest BCUT2D eigenvalue weighted by Crippen LogP contribution is 2.24. The summed E-state index contributed by atoms with van der Waals surface area (Å²) in [4.78, 5) is 16.9. The molecule has 0 aliphatic carbocycles. The predicted molar refractivity (Wildman–Crippen MR) is 136 cm³/mol. The smallest absolute Gasteiger partial charge is 0.224 e. The van der Waals surface area contributed by atoms with E-state index in [1.807, 2.05) is 11.0 Å². The van der Waals surface area contributed by atoms with E-state index in [0.717, 1.165) is 19.3 Å². The third-order valence-electron chi connectivity index (χ3n) is 5.82. The van der Waals surface area contributed by atoms with Crippen LogP contribution in [0.15, 0.2) is 46.0 Å². The van der Waals surface area contributed by atoms with Crippen LogP contribution in [0.4, 0.5) is 27.7 Å². The van der Waals surface area contributed by atoms with Gasteiger partial charge in [-0.25, -0.2) is 9.38 Å². The van der Waals surface area contributed by atoms with Gasteiger partial charge in [-0.3, -0.25) is 4.90 Å². The number of hydrogen-bond donors (Lipinski definition) is 4. The van der Waals surface area contributed by atoms with Crippen LogP contribution in [0, 0.1) is 22.6 Å². The van der Waals surface area contributed by atoms with Crippen LogP contribution in [0.2, 0.25) is 0 Å². The number of anilines is 3. The summed E-state index contributed by atoms with van der Waals surface area (Å²) in [6.45, 7) is 4.16. The molecule has 0 atom stereocenters. The van der Waals surface area contributed by atoms with E-state index in [1.54, 1.807) is 24.3 Å². The number of furan rings is 1. The summed E-state index contributed by atoms with van der Waals surface area (Å²) in [5.74, 6) is 0.762. The van der Waals surface area contributed by atoms with E-state index in [-0.39, 0.29) is 29.8 Å². The van der Waals surface area contributed by atoms with E-state index in [1.165, 1.54) is 12.3 Å². The number of nitrogens with two attached hydrogens (primary N) is 2. The van der Waals surface area contributed by atoms with Gasteiger partial charge in [0.1, 0.15) is 11.6 Å². The van der Waals surface area contributed by atoms with E-state index in [2.05, 4.69) is 25.2 Å². The Hall–Kier alpha value is -4.50. The van der Waals surface area contributed by atoms with Gasteiger partial charge in [0.15, 0.2) is 17.4 Å². The SMILES string of the molecule is N#CCc1ccc(N2CCN(CCNc3nc(N)nc(N=C(N)c4ccco4)c3C=N)CC2)c(F)c1. The van der Waals surface area contributed by atoms with Crippen molar-refractivity contribution in [3.63, 3.8) is 0 Å². The van der Waals surface area contributed by atoms with Gasteiger partial charge in [0, 0.05) is 45.5 Å². The van der Waals surface area contributed by atoms with Gasteiger partial charge in [0.2, 0.25) is 5.95 Å². The molecule has 0 bridgehead atoms. The van der Waals surface area contributed by atoms with Crippen LogP contribution < -0.4 is 21.7 Å². The molecule has 0 radical (unpaired) electrons. The molecule has 1 saturated heterocycles. The molecule has 0 spiro atoms. The Morgan fingerprint density at radius 2 is 2.08 bits per heavy atom. The van der Waals surface area contributed by atoms with Crippen LogP contribution >= 0.6 is 0 Å². The number of rotatable bonds is 9. The third-order valence-corrected chi connectivity index (χ3v) is 5.82. The number of nitriles is 1. The highest BCUT2D eigenvalue weighted by atomic mass is 19.1. The van der Waals surface area contributed by atoms with E-state index < -0.39 is 0 Å². The summed E-state index contributed by atoms with van der Waals surface area (Å²) < 4.78 is 19.7. The summed E-state index contributed by atoms with van der Waals surface area (Å²) in [7, 11) is 0. The molecule has 0 unspecified atom stereocenters. The molecular formula is C24H27FN10O. The maximum atomic E-state index is 14.5. The largest absolute Gasteiger partial charge is 0.461 e. The molecule has 0 amide bonds. The Morgan fingerprint density at radius 3 is 2.75 bits per heavy atom.